The van der Waals surface area contributed by atoms with Crippen molar-refractivity contribution in [2.75, 3.05) is 7.05 Å². The average molecular weight is 325 g/mol. The summed E-state index contributed by atoms with van der Waals surface area (Å²) in [4.78, 5) is 24.6. The number of carbonyl (C=O) groups is 2. The Hall–Kier alpha value is -1.20. The SMILES string of the molecule is CC(NC1CCC(=O)N(C)C1=O)c1cccc(Br)c1. The number of amides is 2. The number of carbonyl (C=O) groups excluding carboxylic acids is 2. The van der Waals surface area contributed by atoms with Crippen LogP contribution >= 0.6 is 15.9 Å². The molecular formula is C14H17BrN2O2. The third-order valence-electron chi connectivity index (χ3n) is 3.45. The molecule has 1 aromatic carbocycles. The Morgan fingerprint density at radius 3 is 2.84 bits per heavy atom. The summed E-state index contributed by atoms with van der Waals surface area (Å²) in [6, 6.07) is 7.76. The highest BCUT2D eigenvalue weighted by Crippen LogP contribution is 2.20. The highest BCUT2D eigenvalue weighted by Gasteiger charge is 2.32. The first-order valence-corrected chi connectivity index (χ1v) is 7.10. The number of hydrogen-bond acceptors (Lipinski definition) is 3. The number of likely N-dealkylation sites (tertiary alicyclic amines) is 1. The number of hydrogen-bond donors (Lipinski definition) is 1. The van der Waals surface area contributed by atoms with Gasteiger partial charge in [0.2, 0.25) is 11.8 Å². The van der Waals surface area contributed by atoms with E-state index in [-0.39, 0.29) is 23.9 Å². The van der Waals surface area contributed by atoms with Gasteiger partial charge in [-0.2, -0.15) is 0 Å². The lowest BCUT2D eigenvalue weighted by Gasteiger charge is -2.30. The molecule has 0 radical (unpaired) electrons. The number of piperidine rings is 1. The molecule has 102 valence electrons. The van der Waals surface area contributed by atoms with Crippen LogP contribution in [0.2, 0.25) is 0 Å². The first-order valence-electron chi connectivity index (χ1n) is 6.31. The van der Waals surface area contributed by atoms with Gasteiger partial charge in [-0.15, -0.1) is 0 Å². The maximum absolute atomic E-state index is 12.0. The van der Waals surface area contributed by atoms with Gasteiger partial charge >= 0.3 is 0 Å². The van der Waals surface area contributed by atoms with E-state index in [1.165, 1.54) is 4.90 Å². The second-order valence-corrected chi connectivity index (χ2v) is 5.74. The van der Waals surface area contributed by atoms with Crippen molar-refractivity contribution in [1.29, 1.82) is 0 Å². The molecule has 2 rings (SSSR count). The lowest BCUT2D eigenvalue weighted by atomic mass is 10.0. The predicted molar refractivity (Wildman–Crippen MR) is 76.5 cm³/mol. The minimum Gasteiger partial charge on any atom is -0.299 e. The molecule has 1 aliphatic rings. The van der Waals surface area contributed by atoms with Crippen LogP contribution in [0, 0.1) is 0 Å². The summed E-state index contributed by atoms with van der Waals surface area (Å²) in [6.07, 6.45) is 0.992. The van der Waals surface area contributed by atoms with Gasteiger partial charge in [-0.05, 0) is 31.0 Å². The number of rotatable bonds is 3. The molecule has 2 unspecified atom stereocenters. The Bertz CT molecular complexity index is 504. The van der Waals surface area contributed by atoms with Gasteiger partial charge in [-0.3, -0.25) is 19.8 Å². The molecule has 0 aromatic heterocycles. The van der Waals surface area contributed by atoms with E-state index in [1.54, 1.807) is 7.05 Å². The normalized spacial score (nSPS) is 21.6. The second kappa shape index (κ2) is 5.84. The van der Waals surface area contributed by atoms with Gasteiger partial charge in [0.15, 0.2) is 0 Å². The summed E-state index contributed by atoms with van der Waals surface area (Å²) >= 11 is 3.44. The van der Waals surface area contributed by atoms with Gasteiger partial charge in [0, 0.05) is 24.0 Å². The fourth-order valence-corrected chi connectivity index (χ4v) is 2.66. The van der Waals surface area contributed by atoms with Gasteiger partial charge < -0.3 is 0 Å². The van der Waals surface area contributed by atoms with E-state index in [0.29, 0.717) is 12.8 Å². The Labute approximate surface area is 121 Å². The number of nitrogens with zero attached hydrogens (tertiary/aromatic N) is 1. The molecule has 1 aliphatic heterocycles. The highest BCUT2D eigenvalue weighted by molar-refractivity contribution is 9.10. The fourth-order valence-electron chi connectivity index (χ4n) is 2.24. The van der Waals surface area contributed by atoms with Gasteiger partial charge in [-0.1, -0.05) is 28.1 Å². The molecular weight excluding hydrogens is 308 g/mol. The number of imide groups is 1. The Kier molecular flexibility index (Phi) is 4.37. The lowest BCUT2D eigenvalue weighted by molar-refractivity contribution is -0.148. The third kappa shape index (κ3) is 3.22. The molecule has 0 saturated carbocycles. The van der Waals surface area contributed by atoms with Crippen LogP contribution < -0.4 is 5.32 Å². The zero-order valence-electron chi connectivity index (χ0n) is 11.0. The van der Waals surface area contributed by atoms with Crippen molar-refractivity contribution < 1.29 is 9.59 Å². The number of likely N-dealkylation sites (N-methyl/N-ethyl adjacent to an activating group) is 1. The van der Waals surface area contributed by atoms with E-state index < -0.39 is 0 Å². The van der Waals surface area contributed by atoms with E-state index >= 15 is 0 Å². The molecule has 1 saturated heterocycles. The maximum atomic E-state index is 12.0. The third-order valence-corrected chi connectivity index (χ3v) is 3.94. The van der Waals surface area contributed by atoms with Crippen LogP contribution in [0.4, 0.5) is 0 Å². The maximum Gasteiger partial charge on any atom is 0.246 e. The van der Waals surface area contributed by atoms with Crippen LogP contribution in [0.1, 0.15) is 31.4 Å². The smallest absolute Gasteiger partial charge is 0.246 e. The van der Waals surface area contributed by atoms with Crippen LogP contribution in [0.3, 0.4) is 0 Å². The lowest BCUT2D eigenvalue weighted by Crippen LogP contribution is -2.51. The number of nitrogens with one attached hydrogen (secondary N) is 1. The van der Waals surface area contributed by atoms with Crippen LogP contribution in [0.15, 0.2) is 28.7 Å². The fraction of sp³-hybridized carbons (Fsp3) is 0.429. The summed E-state index contributed by atoms with van der Waals surface area (Å²) in [7, 11) is 1.54. The summed E-state index contributed by atoms with van der Waals surface area (Å²) in [6.45, 7) is 2.02. The number of halogens is 1. The van der Waals surface area contributed by atoms with Crippen molar-refractivity contribution in [2.24, 2.45) is 0 Å². The molecule has 1 aromatic rings. The summed E-state index contributed by atoms with van der Waals surface area (Å²) < 4.78 is 1.01. The van der Waals surface area contributed by atoms with Crippen LogP contribution in [-0.2, 0) is 9.59 Å². The Morgan fingerprint density at radius 2 is 2.16 bits per heavy atom. The van der Waals surface area contributed by atoms with Crippen molar-refractivity contribution >= 4 is 27.7 Å². The van der Waals surface area contributed by atoms with Crippen molar-refractivity contribution in [3.63, 3.8) is 0 Å². The van der Waals surface area contributed by atoms with Gasteiger partial charge in [0.05, 0.1) is 6.04 Å². The van der Waals surface area contributed by atoms with Crippen LogP contribution in [-0.4, -0.2) is 29.8 Å². The molecule has 1 N–H and O–H groups in total. The molecule has 1 fully saturated rings. The second-order valence-electron chi connectivity index (χ2n) is 4.83. The molecule has 5 heteroatoms. The first-order chi connectivity index (χ1) is 8.99. The van der Waals surface area contributed by atoms with Crippen molar-refractivity contribution in [3.05, 3.63) is 34.3 Å². The quantitative estimate of drug-likeness (QED) is 0.867. The molecule has 1 heterocycles. The van der Waals surface area contributed by atoms with Gasteiger partial charge in [0.1, 0.15) is 0 Å². The van der Waals surface area contributed by atoms with Crippen LogP contribution in [0.25, 0.3) is 0 Å². The van der Waals surface area contributed by atoms with E-state index in [1.807, 2.05) is 31.2 Å². The highest BCUT2D eigenvalue weighted by atomic mass is 79.9. The predicted octanol–water partition coefficient (Wildman–Crippen LogP) is 2.25. The summed E-state index contributed by atoms with van der Waals surface area (Å²) in [5.41, 5.74) is 1.11. The molecule has 0 aliphatic carbocycles. The molecule has 4 nitrogen and oxygen atoms in total. The van der Waals surface area contributed by atoms with Crippen LogP contribution in [0.5, 0.6) is 0 Å². The molecule has 2 atom stereocenters. The monoisotopic (exact) mass is 324 g/mol. The molecule has 0 bridgehead atoms. The average Bonchev–Trinajstić information content (AvgIpc) is 2.39. The number of benzene rings is 1. The Balaban J connectivity index is 2.05. The molecule has 2 amide bonds. The van der Waals surface area contributed by atoms with Gasteiger partial charge in [-0.25, -0.2) is 0 Å². The molecule has 0 spiro atoms. The standard InChI is InChI=1S/C14H17BrN2O2/c1-9(10-4-3-5-11(15)8-10)16-12-6-7-13(18)17(2)14(12)19/h3-5,8-9,12,16H,6-7H2,1-2H3. The van der Waals surface area contributed by atoms with E-state index in [4.69, 9.17) is 0 Å². The largest absolute Gasteiger partial charge is 0.299 e. The zero-order chi connectivity index (χ0) is 14.0. The van der Waals surface area contributed by atoms with Crippen molar-refractivity contribution in [2.45, 2.75) is 31.8 Å². The summed E-state index contributed by atoms with van der Waals surface area (Å²) in [5, 5.41) is 3.30. The Morgan fingerprint density at radius 1 is 1.42 bits per heavy atom. The molecule has 19 heavy (non-hydrogen) atoms. The van der Waals surface area contributed by atoms with E-state index in [9.17, 15) is 9.59 Å². The summed E-state index contributed by atoms with van der Waals surface area (Å²) in [5.74, 6) is -0.240. The minimum absolute atomic E-state index is 0.0630. The van der Waals surface area contributed by atoms with Crippen molar-refractivity contribution in [1.82, 2.24) is 10.2 Å². The first kappa shape index (κ1) is 14.2. The topological polar surface area (TPSA) is 49.4 Å². The van der Waals surface area contributed by atoms with Crippen molar-refractivity contribution in [3.8, 4) is 0 Å². The minimum atomic E-state index is -0.281. The van der Waals surface area contributed by atoms with E-state index in [2.05, 4.69) is 21.2 Å². The van der Waals surface area contributed by atoms with Gasteiger partial charge in [0.25, 0.3) is 0 Å². The zero-order valence-corrected chi connectivity index (χ0v) is 12.6. The van der Waals surface area contributed by atoms with E-state index in [0.717, 1.165) is 10.0 Å².